The summed E-state index contributed by atoms with van der Waals surface area (Å²) in [5, 5.41) is 6.77. The molecule has 0 bridgehead atoms. The molecule has 0 aliphatic carbocycles. The van der Waals surface area contributed by atoms with Crippen LogP contribution in [-0.2, 0) is 22.3 Å². The minimum Gasteiger partial charge on any atom is -0.491 e. The van der Waals surface area contributed by atoms with Gasteiger partial charge in [-0.3, -0.25) is 5.32 Å². The van der Waals surface area contributed by atoms with Crippen molar-refractivity contribution in [2.24, 2.45) is 0 Å². The molecule has 164 valence electrons. The van der Waals surface area contributed by atoms with Crippen molar-refractivity contribution >= 4 is 5.97 Å². The summed E-state index contributed by atoms with van der Waals surface area (Å²) >= 11 is 0. The van der Waals surface area contributed by atoms with E-state index in [1.807, 2.05) is 6.07 Å². The van der Waals surface area contributed by atoms with Crippen molar-refractivity contribution in [2.45, 2.75) is 25.2 Å². The highest BCUT2D eigenvalue weighted by Crippen LogP contribution is 2.30. The molecule has 0 fully saturated rings. The number of carbonyl (C=O) groups excluding carboxylic acids is 1. The van der Waals surface area contributed by atoms with Crippen molar-refractivity contribution in [3.05, 3.63) is 66.1 Å². The molecule has 3 aromatic rings. The van der Waals surface area contributed by atoms with E-state index in [0.29, 0.717) is 11.3 Å². The van der Waals surface area contributed by atoms with E-state index in [-0.39, 0.29) is 24.9 Å². The second kappa shape index (κ2) is 9.17. The van der Waals surface area contributed by atoms with Crippen LogP contribution in [0.15, 0.2) is 59.1 Å². The summed E-state index contributed by atoms with van der Waals surface area (Å²) in [6.45, 7) is 1.59. The van der Waals surface area contributed by atoms with Crippen LogP contribution >= 0.6 is 0 Å². The Balaban J connectivity index is 1.67. The number of alkyl halides is 3. The number of benzene rings is 2. The zero-order valence-corrected chi connectivity index (χ0v) is 16.8. The van der Waals surface area contributed by atoms with E-state index in [2.05, 4.69) is 15.5 Å². The van der Waals surface area contributed by atoms with Crippen LogP contribution in [0.1, 0.15) is 18.4 Å². The second-order valence-electron chi connectivity index (χ2n) is 6.87. The van der Waals surface area contributed by atoms with Crippen molar-refractivity contribution in [1.29, 1.82) is 0 Å². The predicted molar refractivity (Wildman–Crippen MR) is 104 cm³/mol. The molecule has 0 saturated heterocycles. The van der Waals surface area contributed by atoms with Crippen LogP contribution in [0.25, 0.3) is 11.4 Å². The Kier molecular flexibility index (Phi) is 6.59. The summed E-state index contributed by atoms with van der Waals surface area (Å²) in [4.78, 5) is 16.5. The van der Waals surface area contributed by atoms with E-state index in [1.165, 1.54) is 19.2 Å². The molecule has 2 aromatic carbocycles. The molecule has 1 atom stereocenters. The van der Waals surface area contributed by atoms with Crippen molar-refractivity contribution < 1.29 is 32.0 Å². The fourth-order valence-electron chi connectivity index (χ4n) is 2.67. The highest BCUT2D eigenvalue weighted by atomic mass is 19.4. The van der Waals surface area contributed by atoms with Gasteiger partial charge in [0.05, 0.1) is 19.2 Å². The summed E-state index contributed by atoms with van der Waals surface area (Å²) in [5.74, 6) is 0.309. The highest BCUT2D eigenvalue weighted by Gasteiger charge is 2.36. The molecule has 0 aliphatic rings. The molecule has 10 heteroatoms. The van der Waals surface area contributed by atoms with Crippen LogP contribution in [0.3, 0.4) is 0 Å². The Morgan fingerprint density at radius 1 is 1.10 bits per heavy atom. The zero-order valence-electron chi connectivity index (χ0n) is 16.8. The Bertz CT molecular complexity index is 1010. The first kappa shape index (κ1) is 22.3. The van der Waals surface area contributed by atoms with Crippen molar-refractivity contribution in [1.82, 2.24) is 15.5 Å². The number of rotatable bonds is 8. The standard InChI is InChI=1S/C21H20F3N3O4/c1-20(19(28)29-2,13-30-16-6-4-3-5-7-16)25-12-17-26-18(27-31-17)14-8-10-15(11-9-14)21(22,23)24/h3-11,25H,12-13H2,1-2H3. The van der Waals surface area contributed by atoms with Gasteiger partial charge in [0.2, 0.25) is 11.7 Å². The summed E-state index contributed by atoms with van der Waals surface area (Å²) in [6, 6.07) is 13.4. The first-order valence-electron chi connectivity index (χ1n) is 9.23. The fraction of sp³-hybridized carbons (Fsp3) is 0.286. The molecule has 1 aromatic heterocycles. The molecule has 1 N–H and O–H groups in total. The van der Waals surface area contributed by atoms with Gasteiger partial charge in [-0.05, 0) is 31.2 Å². The Morgan fingerprint density at radius 3 is 2.39 bits per heavy atom. The quantitative estimate of drug-likeness (QED) is 0.538. The fourth-order valence-corrected chi connectivity index (χ4v) is 2.67. The van der Waals surface area contributed by atoms with Crippen LogP contribution in [-0.4, -0.2) is 35.4 Å². The van der Waals surface area contributed by atoms with E-state index >= 15 is 0 Å². The first-order valence-corrected chi connectivity index (χ1v) is 9.23. The van der Waals surface area contributed by atoms with Gasteiger partial charge in [-0.1, -0.05) is 35.5 Å². The minimum absolute atomic E-state index is 0.0113. The minimum atomic E-state index is -4.43. The number of nitrogens with one attached hydrogen (secondary N) is 1. The third-order valence-corrected chi connectivity index (χ3v) is 4.47. The summed E-state index contributed by atoms with van der Waals surface area (Å²) < 4.78 is 53.8. The van der Waals surface area contributed by atoms with Crippen LogP contribution in [0.4, 0.5) is 13.2 Å². The van der Waals surface area contributed by atoms with Gasteiger partial charge in [0.15, 0.2) is 0 Å². The lowest BCUT2D eigenvalue weighted by Gasteiger charge is -2.27. The van der Waals surface area contributed by atoms with E-state index in [1.54, 1.807) is 31.2 Å². The van der Waals surface area contributed by atoms with Gasteiger partial charge in [-0.2, -0.15) is 18.2 Å². The monoisotopic (exact) mass is 435 g/mol. The molecular weight excluding hydrogens is 415 g/mol. The van der Waals surface area contributed by atoms with E-state index in [4.69, 9.17) is 14.0 Å². The molecule has 7 nitrogen and oxygen atoms in total. The number of para-hydroxylation sites is 1. The van der Waals surface area contributed by atoms with Gasteiger partial charge in [-0.25, -0.2) is 4.79 Å². The predicted octanol–water partition coefficient (Wildman–Crippen LogP) is 3.86. The number of hydrogen-bond donors (Lipinski definition) is 1. The van der Waals surface area contributed by atoms with Crippen LogP contribution in [0.5, 0.6) is 5.75 Å². The van der Waals surface area contributed by atoms with Crippen LogP contribution in [0.2, 0.25) is 0 Å². The molecule has 31 heavy (non-hydrogen) atoms. The molecular formula is C21H20F3N3O4. The lowest BCUT2D eigenvalue weighted by Crippen LogP contribution is -2.54. The van der Waals surface area contributed by atoms with Crippen molar-refractivity contribution in [2.75, 3.05) is 13.7 Å². The van der Waals surface area contributed by atoms with E-state index in [9.17, 15) is 18.0 Å². The lowest BCUT2D eigenvalue weighted by molar-refractivity contribution is -0.149. The maximum absolute atomic E-state index is 12.7. The molecule has 0 spiro atoms. The number of aromatic nitrogens is 2. The van der Waals surface area contributed by atoms with Crippen LogP contribution < -0.4 is 10.1 Å². The highest BCUT2D eigenvalue weighted by molar-refractivity contribution is 5.80. The molecule has 3 rings (SSSR count). The SMILES string of the molecule is COC(=O)C(C)(COc1ccccc1)NCc1nc(-c2ccc(C(F)(F)F)cc2)no1. The second-order valence-corrected chi connectivity index (χ2v) is 6.87. The summed E-state index contributed by atoms with van der Waals surface area (Å²) in [6.07, 6.45) is -4.43. The van der Waals surface area contributed by atoms with E-state index < -0.39 is 23.2 Å². The largest absolute Gasteiger partial charge is 0.491 e. The van der Waals surface area contributed by atoms with E-state index in [0.717, 1.165) is 12.1 Å². The number of esters is 1. The van der Waals surface area contributed by atoms with Crippen molar-refractivity contribution in [3.63, 3.8) is 0 Å². The van der Waals surface area contributed by atoms with Gasteiger partial charge >= 0.3 is 12.1 Å². The molecule has 0 amide bonds. The van der Waals surface area contributed by atoms with Crippen LogP contribution in [0, 0.1) is 0 Å². The van der Waals surface area contributed by atoms with Gasteiger partial charge in [0, 0.05) is 5.56 Å². The zero-order chi connectivity index (χ0) is 22.5. The maximum atomic E-state index is 12.7. The average Bonchev–Trinajstić information content (AvgIpc) is 3.25. The number of nitrogens with zero attached hydrogens (tertiary/aromatic N) is 2. The number of hydrogen-bond acceptors (Lipinski definition) is 7. The number of halogens is 3. The summed E-state index contributed by atoms with van der Waals surface area (Å²) in [5.41, 5.74) is -1.62. The molecule has 0 aliphatic heterocycles. The smallest absolute Gasteiger partial charge is 0.416 e. The topological polar surface area (TPSA) is 86.5 Å². The van der Waals surface area contributed by atoms with Crippen molar-refractivity contribution in [3.8, 4) is 17.1 Å². The Labute approximate surface area is 176 Å². The number of carbonyl (C=O) groups is 1. The Morgan fingerprint density at radius 2 is 1.77 bits per heavy atom. The van der Waals surface area contributed by atoms with Gasteiger partial charge in [-0.15, -0.1) is 0 Å². The Hall–Kier alpha value is -3.40. The lowest BCUT2D eigenvalue weighted by atomic mass is 10.0. The summed E-state index contributed by atoms with van der Waals surface area (Å²) in [7, 11) is 1.26. The number of methoxy groups -OCH3 is 1. The molecule has 1 heterocycles. The third-order valence-electron chi connectivity index (χ3n) is 4.47. The van der Waals surface area contributed by atoms with Gasteiger partial charge in [0.25, 0.3) is 0 Å². The van der Waals surface area contributed by atoms with Gasteiger partial charge in [0.1, 0.15) is 17.9 Å². The maximum Gasteiger partial charge on any atom is 0.416 e. The average molecular weight is 435 g/mol. The number of ether oxygens (including phenoxy) is 2. The third kappa shape index (κ3) is 5.60. The first-order chi connectivity index (χ1) is 14.7. The van der Waals surface area contributed by atoms with Gasteiger partial charge < -0.3 is 14.0 Å². The molecule has 1 unspecified atom stereocenters. The normalized spacial score (nSPS) is 13.5. The molecule has 0 saturated carbocycles. The molecule has 0 radical (unpaired) electrons.